The molecule has 1 unspecified atom stereocenters. The molecule has 0 saturated heterocycles. The first-order chi connectivity index (χ1) is 17.6. The van der Waals surface area contributed by atoms with E-state index in [9.17, 15) is 4.79 Å². The molecular weight excluding hydrogens is 474 g/mol. The Kier molecular flexibility index (Phi) is 9.14. The zero-order chi connectivity index (χ0) is 25.3. The van der Waals surface area contributed by atoms with Crippen LogP contribution in [0.15, 0.2) is 59.6 Å². The predicted octanol–water partition coefficient (Wildman–Crippen LogP) is 5.98. The smallest absolute Gasteiger partial charge is 0.335 e. The molecule has 36 heavy (non-hydrogen) atoms. The second-order valence-electron chi connectivity index (χ2n) is 8.52. The number of thiophene rings is 1. The molecule has 2 aromatic carbocycles. The van der Waals surface area contributed by atoms with Crippen molar-refractivity contribution in [3.05, 3.63) is 76.2 Å². The third-order valence-corrected chi connectivity index (χ3v) is 7.13. The highest BCUT2D eigenvalue weighted by atomic mass is 32.1. The van der Waals surface area contributed by atoms with E-state index in [4.69, 9.17) is 18.9 Å². The van der Waals surface area contributed by atoms with Gasteiger partial charge in [-0.2, -0.15) is 0 Å². The van der Waals surface area contributed by atoms with Gasteiger partial charge in [0.15, 0.2) is 6.10 Å². The second kappa shape index (κ2) is 12.7. The number of hydrogen-bond acceptors (Lipinski definition) is 7. The minimum atomic E-state index is -0.592. The summed E-state index contributed by atoms with van der Waals surface area (Å²) in [5, 5.41) is 0. The quantitative estimate of drug-likeness (QED) is 0.299. The van der Waals surface area contributed by atoms with Crippen LogP contribution in [0.5, 0.6) is 5.75 Å². The van der Waals surface area contributed by atoms with Crippen molar-refractivity contribution in [1.82, 2.24) is 0 Å². The van der Waals surface area contributed by atoms with Gasteiger partial charge in [-0.05, 0) is 67.8 Å². The molecule has 1 atom stereocenters. The largest absolute Gasteiger partial charge is 0.488 e. The molecule has 2 heterocycles. The van der Waals surface area contributed by atoms with E-state index in [1.165, 1.54) is 20.9 Å². The Labute approximate surface area is 216 Å². The minimum absolute atomic E-state index is 0.325. The average molecular weight is 508 g/mol. The predicted molar refractivity (Wildman–Crippen MR) is 143 cm³/mol. The summed E-state index contributed by atoms with van der Waals surface area (Å²) in [7, 11) is 0. The number of carbonyl (C=O) groups excluding carboxylic acids is 1. The van der Waals surface area contributed by atoms with Gasteiger partial charge in [0.2, 0.25) is 5.90 Å². The summed E-state index contributed by atoms with van der Waals surface area (Å²) >= 11 is 1.74. The summed E-state index contributed by atoms with van der Waals surface area (Å²) in [6.07, 6.45) is 0.860. The van der Waals surface area contributed by atoms with Gasteiger partial charge in [-0.25, -0.2) is 4.79 Å². The maximum atomic E-state index is 12.1. The fourth-order valence-electron chi connectivity index (χ4n) is 3.95. The molecule has 0 amide bonds. The topological polar surface area (TPSA) is 66.4 Å². The first-order valence-corrected chi connectivity index (χ1v) is 13.3. The number of ether oxygens (including phenoxy) is 4. The molecule has 0 N–H and O–H groups in total. The fraction of sp³-hybridized carbons (Fsp3) is 0.379. The van der Waals surface area contributed by atoms with Crippen LogP contribution in [0.3, 0.4) is 0 Å². The van der Waals surface area contributed by atoms with Crippen LogP contribution < -0.4 is 4.74 Å². The van der Waals surface area contributed by atoms with Crippen molar-refractivity contribution in [2.24, 2.45) is 4.99 Å². The van der Waals surface area contributed by atoms with Crippen LogP contribution >= 0.6 is 11.3 Å². The number of hydrogen-bond donors (Lipinski definition) is 0. The van der Waals surface area contributed by atoms with Gasteiger partial charge < -0.3 is 18.9 Å². The molecule has 0 aliphatic carbocycles. The van der Waals surface area contributed by atoms with Crippen molar-refractivity contribution in [1.29, 1.82) is 0 Å². The lowest BCUT2D eigenvalue weighted by Gasteiger charge is -2.15. The Morgan fingerprint density at radius 1 is 1.06 bits per heavy atom. The van der Waals surface area contributed by atoms with Crippen molar-refractivity contribution < 1.29 is 23.7 Å². The Morgan fingerprint density at radius 2 is 1.81 bits per heavy atom. The molecule has 190 valence electrons. The van der Waals surface area contributed by atoms with Crippen molar-refractivity contribution >= 4 is 23.2 Å². The van der Waals surface area contributed by atoms with E-state index in [1.807, 2.05) is 31.2 Å². The highest BCUT2D eigenvalue weighted by molar-refractivity contribution is 7.15. The monoisotopic (exact) mass is 507 g/mol. The van der Waals surface area contributed by atoms with Gasteiger partial charge in [0.05, 0.1) is 13.2 Å². The van der Waals surface area contributed by atoms with E-state index >= 15 is 0 Å². The van der Waals surface area contributed by atoms with Crippen LogP contribution in [-0.2, 0) is 32.0 Å². The molecule has 1 aliphatic rings. The SMILES string of the molecule is CCOC(=O)C(Cc1ccc(OCc2sc(-c3ccc(C4=NCCCO4)cc3)cc2C)cc1)OCC. The number of benzene rings is 2. The molecule has 1 aliphatic heterocycles. The number of rotatable bonds is 11. The standard InChI is InChI=1S/C29H33NO5S/c1-4-32-25(29(31)33-5-2)18-21-7-13-24(14-8-21)35-19-27-20(3)17-26(36-27)22-9-11-23(12-10-22)28-30-15-6-16-34-28/h7-14,17,25H,4-6,15-16,18-19H2,1-3H3. The Morgan fingerprint density at radius 3 is 2.47 bits per heavy atom. The molecule has 0 bridgehead atoms. The van der Waals surface area contributed by atoms with Crippen LogP contribution in [0.25, 0.3) is 10.4 Å². The number of nitrogens with zero attached hydrogens (tertiary/aromatic N) is 1. The maximum absolute atomic E-state index is 12.1. The summed E-state index contributed by atoms with van der Waals surface area (Å²) in [4.78, 5) is 19.0. The third kappa shape index (κ3) is 6.74. The van der Waals surface area contributed by atoms with E-state index in [0.717, 1.165) is 42.3 Å². The van der Waals surface area contributed by atoms with E-state index in [1.54, 1.807) is 18.3 Å². The van der Waals surface area contributed by atoms with Gasteiger partial charge in [0, 0.05) is 41.3 Å². The van der Waals surface area contributed by atoms with Crippen LogP contribution in [0.4, 0.5) is 0 Å². The van der Waals surface area contributed by atoms with Crippen molar-refractivity contribution in [2.45, 2.75) is 46.3 Å². The second-order valence-corrected chi connectivity index (χ2v) is 9.65. The molecule has 0 radical (unpaired) electrons. The first kappa shape index (κ1) is 25.9. The fourth-order valence-corrected chi connectivity index (χ4v) is 5.04. The van der Waals surface area contributed by atoms with Crippen LogP contribution in [-0.4, -0.2) is 44.3 Å². The maximum Gasteiger partial charge on any atom is 0.335 e. The minimum Gasteiger partial charge on any atom is -0.488 e. The van der Waals surface area contributed by atoms with Crippen LogP contribution in [0, 0.1) is 6.92 Å². The molecular formula is C29H33NO5S. The highest BCUT2D eigenvalue weighted by Gasteiger charge is 2.20. The summed E-state index contributed by atoms with van der Waals surface area (Å²) < 4.78 is 22.4. The lowest BCUT2D eigenvalue weighted by Crippen LogP contribution is -2.28. The summed E-state index contributed by atoms with van der Waals surface area (Å²) in [6.45, 7) is 8.65. The van der Waals surface area contributed by atoms with E-state index in [-0.39, 0.29) is 5.97 Å². The molecule has 7 heteroatoms. The van der Waals surface area contributed by atoms with Crippen molar-refractivity contribution in [3.63, 3.8) is 0 Å². The van der Waals surface area contributed by atoms with Gasteiger partial charge in [-0.3, -0.25) is 4.99 Å². The normalized spacial score (nSPS) is 14.0. The summed E-state index contributed by atoms with van der Waals surface area (Å²) in [5.41, 5.74) is 4.40. The van der Waals surface area contributed by atoms with Crippen LogP contribution in [0.2, 0.25) is 0 Å². The molecule has 1 aromatic heterocycles. The van der Waals surface area contributed by atoms with Gasteiger partial charge in [0.25, 0.3) is 0 Å². The molecule has 0 spiro atoms. The number of aryl methyl sites for hydroxylation is 1. The van der Waals surface area contributed by atoms with Gasteiger partial charge in [-0.1, -0.05) is 24.3 Å². The number of esters is 1. The van der Waals surface area contributed by atoms with Crippen molar-refractivity contribution in [2.75, 3.05) is 26.4 Å². The Hall–Kier alpha value is -3.16. The summed E-state index contributed by atoms with van der Waals surface area (Å²) in [5.74, 6) is 1.20. The van der Waals surface area contributed by atoms with Crippen molar-refractivity contribution in [3.8, 4) is 16.2 Å². The Bertz CT molecular complexity index is 1170. The van der Waals surface area contributed by atoms with Gasteiger partial charge in [-0.15, -0.1) is 11.3 Å². The molecule has 4 rings (SSSR count). The molecule has 3 aromatic rings. The Balaban J connectivity index is 1.35. The van der Waals surface area contributed by atoms with Crippen LogP contribution in [0.1, 0.15) is 41.8 Å². The zero-order valence-electron chi connectivity index (χ0n) is 21.1. The van der Waals surface area contributed by atoms with E-state index in [0.29, 0.717) is 26.2 Å². The lowest BCUT2D eigenvalue weighted by molar-refractivity contribution is -0.156. The third-order valence-electron chi connectivity index (χ3n) is 5.87. The molecule has 0 saturated carbocycles. The van der Waals surface area contributed by atoms with E-state index in [2.05, 4.69) is 42.2 Å². The number of aliphatic imine (C=N–C) groups is 1. The lowest BCUT2D eigenvalue weighted by atomic mass is 10.1. The van der Waals surface area contributed by atoms with E-state index < -0.39 is 6.10 Å². The van der Waals surface area contributed by atoms with Gasteiger partial charge >= 0.3 is 5.97 Å². The van der Waals surface area contributed by atoms with Gasteiger partial charge in [0.1, 0.15) is 12.4 Å². The highest BCUT2D eigenvalue weighted by Crippen LogP contribution is 2.32. The summed E-state index contributed by atoms with van der Waals surface area (Å²) in [6, 6.07) is 18.4. The average Bonchev–Trinajstić information content (AvgIpc) is 3.29. The number of carbonyl (C=O) groups is 1. The molecule has 0 fully saturated rings. The first-order valence-electron chi connectivity index (χ1n) is 12.4. The molecule has 6 nitrogen and oxygen atoms in total. The zero-order valence-corrected chi connectivity index (χ0v) is 21.9.